The van der Waals surface area contributed by atoms with Crippen LogP contribution in [0.2, 0.25) is 0 Å². The average molecular weight is 403 g/mol. The van der Waals surface area contributed by atoms with Gasteiger partial charge in [-0.25, -0.2) is 0 Å². The van der Waals surface area contributed by atoms with Crippen LogP contribution >= 0.6 is 0 Å². The Morgan fingerprint density at radius 1 is 0.710 bits per heavy atom. The standard InChI is InChI=1S/C27H17NO3/c29-16-13-14-20-24(15-16)30-23-12-6-3-9-19(23)27(20)25-17-7-1-4-10-21(17)28-26(25)18-8-2-5-11-22(18)31-27/h1-15,28-29H. The van der Waals surface area contributed by atoms with Gasteiger partial charge < -0.3 is 19.6 Å². The van der Waals surface area contributed by atoms with E-state index in [9.17, 15) is 5.11 Å². The van der Waals surface area contributed by atoms with E-state index in [4.69, 9.17) is 9.47 Å². The predicted molar refractivity (Wildman–Crippen MR) is 119 cm³/mol. The number of ether oxygens (including phenoxy) is 2. The molecule has 7 rings (SSSR count). The molecule has 1 atom stereocenters. The molecule has 1 spiro atoms. The van der Waals surface area contributed by atoms with E-state index >= 15 is 0 Å². The number of fused-ring (bicyclic) bond motifs is 10. The number of H-pyrrole nitrogens is 1. The van der Waals surface area contributed by atoms with Crippen molar-refractivity contribution >= 4 is 10.9 Å². The molecule has 0 amide bonds. The van der Waals surface area contributed by atoms with Gasteiger partial charge in [0.1, 0.15) is 23.0 Å². The fourth-order valence-electron chi connectivity index (χ4n) is 5.06. The van der Waals surface area contributed by atoms with Gasteiger partial charge in [-0.1, -0.05) is 48.5 Å². The maximum absolute atomic E-state index is 10.2. The maximum Gasteiger partial charge on any atom is 0.194 e. The van der Waals surface area contributed by atoms with Crippen LogP contribution in [-0.4, -0.2) is 10.1 Å². The number of phenolic OH excluding ortho intramolecular Hbond substituents is 1. The summed E-state index contributed by atoms with van der Waals surface area (Å²) >= 11 is 0. The van der Waals surface area contributed by atoms with E-state index in [0.717, 1.165) is 50.3 Å². The Balaban J connectivity index is 1.70. The lowest BCUT2D eigenvalue weighted by Gasteiger charge is -2.43. The molecule has 5 aromatic rings. The summed E-state index contributed by atoms with van der Waals surface area (Å²) in [5.41, 5.74) is 5.07. The number of phenols is 1. The first-order chi connectivity index (χ1) is 15.3. The molecule has 0 saturated carbocycles. The molecule has 0 radical (unpaired) electrons. The van der Waals surface area contributed by atoms with Crippen molar-refractivity contribution in [2.24, 2.45) is 0 Å². The first-order valence-corrected chi connectivity index (χ1v) is 10.3. The molecule has 1 unspecified atom stereocenters. The SMILES string of the molecule is Oc1ccc2c(c1)Oc1ccccc1C21Oc2ccccc2-c2[nH]c3ccccc3c21. The minimum atomic E-state index is -0.916. The number of aromatic hydroxyl groups is 1. The van der Waals surface area contributed by atoms with Crippen LogP contribution in [0.3, 0.4) is 0 Å². The van der Waals surface area contributed by atoms with E-state index in [-0.39, 0.29) is 5.75 Å². The summed E-state index contributed by atoms with van der Waals surface area (Å²) in [5.74, 6) is 2.27. The van der Waals surface area contributed by atoms with Crippen LogP contribution in [0.25, 0.3) is 22.2 Å². The number of aromatic amines is 1. The molecule has 31 heavy (non-hydrogen) atoms. The molecule has 1 aromatic heterocycles. The van der Waals surface area contributed by atoms with Gasteiger partial charge in [-0.3, -0.25) is 0 Å². The van der Waals surface area contributed by atoms with Gasteiger partial charge in [0.25, 0.3) is 0 Å². The Labute approximate surface area is 178 Å². The zero-order chi connectivity index (χ0) is 20.6. The first-order valence-electron chi connectivity index (χ1n) is 10.3. The molecular formula is C27H17NO3. The first kappa shape index (κ1) is 16.6. The second-order valence-electron chi connectivity index (χ2n) is 7.98. The molecule has 3 heterocycles. The molecule has 0 bridgehead atoms. The third-order valence-electron chi connectivity index (χ3n) is 6.31. The van der Waals surface area contributed by atoms with Crippen molar-refractivity contribution in [1.29, 1.82) is 0 Å². The molecule has 0 saturated heterocycles. The molecule has 0 fully saturated rings. The fourth-order valence-corrected chi connectivity index (χ4v) is 5.06. The molecule has 4 heteroatoms. The van der Waals surface area contributed by atoms with Crippen LogP contribution in [-0.2, 0) is 5.60 Å². The lowest BCUT2D eigenvalue weighted by molar-refractivity contribution is 0.139. The van der Waals surface area contributed by atoms with Crippen LogP contribution in [0, 0.1) is 0 Å². The molecule has 4 nitrogen and oxygen atoms in total. The maximum atomic E-state index is 10.2. The number of benzene rings is 4. The van der Waals surface area contributed by atoms with Crippen molar-refractivity contribution in [3.8, 4) is 34.3 Å². The highest BCUT2D eigenvalue weighted by molar-refractivity contribution is 5.96. The van der Waals surface area contributed by atoms with Crippen LogP contribution in [0.5, 0.6) is 23.0 Å². The molecule has 4 aromatic carbocycles. The molecular weight excluding hydrogens is 386 g/mol. The third kappa shape index (κ3) is 2.04. The van der Waals surface area contributed by atoms with Crippen LogP contribution in [0.15, 0.2) is 91.0 Å². The highest BCUT2D eigenvalue weighted by Gasteiger charge is 2.51. The summed E-state index contributed by atoms with van der Waals surface area (Å²) in [4.78, 5) is 3.65. The van der Waals surface area contributed by atoms with E-state index in [2.05, 4.69) is 29.2 Å². The monoisotopic (exact) mass is 403 g/mol. The quantitative estimate of drug-likeness (QED) is 0.318. The number of para-hydroxylation sites is 3. The topological polar surface area (TPSA) is 54.5 Å². The molecule has 2 aliphatic rings. The summed E-state index contributed by atoms with van der Waals surface area (Å²) in [6.07, 6.45) is 0. The second kappa shape index (κ2) is 5.70. The average Bonchev–Trinajstić information content (AvgIpc) is 3.20. The van der Waals surface area contributed by atoms with Gasteiger partial charge in [-0.05, 0) is 36.4 Å². The van der Waals surface area contributed by atoms with E-state index in [1.807, 2.05) is 54.6 Å². The Kier molecular flexibility index (Phi) is 3.05. The van der Waals surface area contributed by atoms with E-state index in [1.165, 1.54) is 0 Å². The van der Waals surface area contributed by atoms with Crippen molar-refractivity contribution in [3.63, 3.8) is 0 Å². The predicted octanol–water partition coefficient (Wildman–Crippen LogP) is 6.33. The van der Waals surface area contributed by atoms with Gasteiger partial charge in [0.2, 0.25) is 0 Å². The Hall–Kier alpha value is -4.18. The number of hydrogen-bond donors (Lipinski definition) is 2. The van der Waals surface area contributed by atoms with Crippen molar-refractivity contribution in [2.75, 3.05) is 0 Å². The zero-order valence-corrected chi connectivity index (χ0v) is 16.4. The summed E-state index contributed by atoms with van der Waals surface area (Å²) in [7, 11) is 0. The van der Waals surface area contributed by atoms with Crippen molar-refractivity contribution < 1.29 is 14.6 Å². The Morgan fingerprint density at radius 2 is 1.45 bits per heavy atom. The summed E-state index contributed by atoms with van der Waals surface area (Å²) in [6, 6.07) is 29.6. The zero-order valence-electron chi connectivity index (χ0n) is 16.4. The van der Waals surface area contributed by atoms with E-state index < -0.39 is 5.60 Å². The number of nitrogens with one attached hydrogen (secondary N) is 1. The van der Waals surface area contributed by atoms with Crippen molar-refractivity contribution in [3.05, 3.63) is 108 Å². The Bertz CT molecular complexity index is 1520. The van der Waals surface area contributed by atoms with Gasteiger partial charge in [-0.15, -0.1) is 0 Å². The van der Waals surface area contributed by atoms with E-state index in [1.54, 1.807) is 12.1 Å². The minimum absolute atomic E-state index is 0.156. The number of rotatable bonds is 0. The summed E-state index contributed by atoms with van der Waals surface area (Å²) < 4.78 is 13.2. The third-order valence-corrected chi connectivity index (χ3v) is 6.31. The lowest BCUT2D eigenvalue weighted by atomic mass is 9.74. The van der Waals surface area contributed by atoms with Gasteiger partial charge in [-0.2, -0.15) is 0 Å². The van der Waals surface area contributed by atoms with Crippen molar-refractivity contribution in [2.45, 2.75) is 5.60 Å². The molecule has 2 aliphatic heterocycles. The lowest BCUT2D eigenvalue weighted by Crippen LogP contribution is -2.40. The molecule has 0 aliphatic carbocycles. The molecule has 2 N–H and O–H groups in total. The van der Waals surface area contributed by atoms with Gasteiger partial charge in [0.15, 0.2) is 5.60 Å². The number of aromatic nitrogens is 1. The number of hydrogen-bond acceptors (Lipinski definition) is 3. The van der Waals surface area contributed by atoms with Crippen LogP contribution in [0.4, 0.5) is 0 Å². The summed E-state index contributed by atoms with van der Waals surface area (Å²) in [5, 5.41) is 11.3. The van der Waals surface area contributed by atoms with Crippen LogP contribution < -0.4 is 9.47 Å². The highest BCUT2D eigenvalue weighted by atomic mass is 16.5. The highest BCUT2D eigenvalue weighted by Crippen LogP contribution is 2.59. The normalized spacial score (nSPS) is 17.8. The smallest absolute Gasteiger partial charge is 0.194 e. The second-order valence-corrected chi connectivity index (χ2v) is 7.98. The van der Waals surface area contributed by atoms with Gasteiger partial charge in [0.05, 0.1) is 5.69 Å². The van der Waals surface area contributed by atoms with E-state index in [0.29, 0.717) is 5.75 Å². The Morgan fingerprint density at radius 3 is 2.39 bits per heavy atom. The molecule has 148 valence electrons. The largest absolute Gasteiger partial charge is 0.508 e. The van der Waals surface area contributed by atoms with Gasteiger partial charge >= 0.3 is 0 Å². The fraction of sp³-hybridized carbons (Fsp3) is 0.0370. The van der Waals surface area contributed by atoms with Gasteiger partial charge in [0, 0.05) is 39.2 Å². The minimum Gasteiger partial charge on any atom is -0.508 e. The van der Waals surface area contributed by atoms with Crippen molar-refractivity contribution in [1.82, 2.24) is 4.98 Å². The van der Waals surface area contributed by atoms with Crippen LogP contribution in [0.1, 0.15) is 16.7 Å². The summed E-state index contributed by atoms with van der Waals surface area (Å²) in [6.45, 7) is 0.